The minimum atomic E-state index is -0.000590. The molecule has 26 heavy (non-hydrogen) atoms. The van der Waals surface area contributed by atoms with Crippen LogP contribution in [0.15, 0.2) is 30.6 Å². The molecule has 2 aromatic heterocycles. The van der Waals surface area contributed by atoms with Crippen LogP contribution in [0.25, 0.3) is 0 Å². The van der Waals surface area contributed by atoms with E-state index < -0.39 is 0 Å². The number of piperidine rings is 1. The zero-order valence-electron chi connectivity index (χ0n) is 15.2. The highest BCUT2D eigenvalue weighted by Crippen LogP contribution is 2.27. The van der Waals surface area contributed by atoms with Crippen molar-refractivity contribution in [2.24, 2.45) is 5.92 Å². The Labute approximate surface area is 153 Å². The number of amides is 1. The molecule has 1 fully saturated rings. The largest absolute Gasteiger partial charge is 0.355 e. The number of carbonyl (C=O) groups is 1. The Morgan fingerprint density at radius 3 is 2.81 bits per heavy atom. The number of nitriles is 1. The number of pyridine rings is 2. The molecule has 1 aliphatic heterocycles. The fourth-order valence-electron chi connectivity index (χ4n) is 3.37. The minimum absolute atomic E-state index is 0.000590. The number of rotatable bonds is 4. The van der Waals surface area contributed by atoms with Crippen LogP contribution in [0.4, 0.5) is 5.82 Å². The van der Waals surface area contributed by atoms with Gasteiger partial charge in [-0.05, 0) is 49.9 Å². The number of nitrogens with zero attached hydrogens (tertiary/aromatic N) is 4. The van der Waals surface area contributed by atoms with Gasteiger partial charge in [0, 0.05) is 43.6 Å². The van der Waals surface area contributed by atoms with Gasteiger partial charge >= 0.3 is 0 Å². The quantitative estimate of drug-likeness (QED) is 0.917. The maximum absolute atomic E-state index is 12.4. The van der Waals surface area contributed by atoms with Crippen molar-refractivity contribution < 1.29 is 4.79 Å². The Morgan fingerprint density at radius 2 is 2.15 bits per heavy atom. The molecule has 0 aromatic carbocycles. The Kier molecular flexibility index (Phi) is 5.47. The van der Waals surface area contributed by atoms with E-state index in [0.29, 0.717) is 12.1 Å². The van der Waals surface area contributed by atoms with E-state index in [1.54, 1.807) is 12.4 Å². The zero-order valence-corrected chi connectivity index (χ0v) is 15.2. The van der Waals surface area contributed by atoms with Crippen LogP contribution in [-0.4, -0.2) is 29.0 Å². The maximum Gasteiger partial charge on any atom is 0.223 e. The summed E-state index contributed by atoms with van der Waals surface area (Å²) in [6.07, 6.45) is 5.01. The average Bonchev–Trinajstić information content (AvgIpc) is 2.66. The van der Waals surface area contributed by atoms with Crippen LogP contribution in [-0.2, 0) is 11.3 Å². The third-order valence-electron chi connectivity index (χ3n) is 4.79. The first-order valence-corrected chi connectivity index (χ1v) is 8.88. The van der Waals surface area contributed by atoms with Crippen LogP contribution >= 0.6 is 0 Å². The van der Waals surface area contributed by atoms with Crippen molar-refractivity contribution in [3.8, 4) is 6.07 Å². The third-order valence-corrected chi connectivity index (χ3v) is 4.79. The van der Waals surface area contributed by atoms with Gasteiger partial charge in [-0.3, -0.25) is 9.78 Å². The van der Waals surface area contributed by atoms with E-state index >= 15 is 0 Å². The molecule has 3 rings (SSSR count). The fourth-order valence-corrected chi connectivity index (χ4v) is 3.37. The molecule has 134 valence electrons. The lowest BCUT2D eigenvalue weighted by molar-refractivity contribution is -0.125. The van der Waals surface area contributed by atoms with Gasteiger partial charge in [-0.15, -0.1) is 0 Å². The van der Waals surface area contributed by atoms with Crippen molar-refractivity contribution in [3.05, 3.63) is 53.0 Å². The number of hydrogen-bond donors (Lipinski definition) is 1. The lowest BCUT2D eigenvalue weighted by Gasteiger charge is -2.33. The molecular formula is C20H23N5O. The molecule has 3 heterocycles. The second-order valence-electron chi connectivity index (χ2n) is 6.73. The normalized spacial score (nSPS) is 14.7. The first-order valence-electron chi connectivity index (χ1n) is 8.88. The Hall–Kier alpha value is -2.94. The number of aryl methyl sites for hydroxylation is 2. The summed E-state index contributed by atoms with van der Waals surface area (Å²) in [6, 6.07) is 8.02. The molecule has 0 saturated carbocycles. The Morgan fingerprint density at radius 1 is 1.38 bits per heavy atom. The van der Waals surface area contributed by atoms with Gasteiger partial charge in [0.05, 0.1) is 5.56 Å². The van der Waals surface area contributed by atoms with Gasteiger partial charge in [-0.2, -0.15) is 5.26 Å². The SMILES string of the molecule is Cc1cc(C)c(C#N)c(N2CCC(C(=O)NCc3cccnc3)CC2)n1. The van der Waals surface area contributed by atoms with Crippen molar-refractivity contribution in [1.29, 1.82) is 5.26 Å². The molecule has 1 saturated heterocycles. The number of aromatic nitrogens is 2. The fraction of sp³-hybridized carbons (Fsp3) is 0.400. The predicted octanol–water partition coefficient (Wildman–Crippen LogP) is 2.50. The van der Waals surface area contributed by atoms with Crippen molar-refractivity contribution in [2.45, 2.75) is 33.2 Å². The van der Waals surface area contributed by atoms with E-state index in [4.69, 9.17) is 0 Å². The molecule has 0 spiro atoms. The van der Waals surface area contributed by atoms with Gasteiger partial charge < -0.3 is 10.2 Å². The summed E-state index contributed by atoms with van der Waals surface area (Å²) in [6.45, 7) is 5.85. The minimum Gasteiger partial charge on any atom is -0.355 e. The number of nitrogens with one attached hydrogen (secondary N) is 1. The van der Waals surface area contributed by atoms with Crippen LogP contribution in [0.1, 0.15) is 35.2 Å². The lowest BCUT2D eigenvalue weighted by atomic mass is 9.95. The molecule has 0 atom stereocenters. The Bertz CT molecular complexity index is 820. The van der Waals surface area contributed by atoms with Crippen LogP contribution in [0, 0.1) is 31.1 Å². The monoisotopic (exact) mass is 349 g/mol. The van der Waals surface area contributed by atoms with E-state index in [-0.39, 0.29) is 11.8 Å². The highest BCUT2D eigenvalue weighted by Gasteiger charge is 2.27. The average molecular weight is 349 g/mol. The molecule has 0 bridgehead atoms. The van der Waals surface area contributed by atoms with Crippen LogP contribution in [0.5, 0.6) is 0 Å². The van der Waals surface area contributed by atoms with Gasteiger partial charge in [0.1, 0.15) is 11.9 Å². The lowest BCUT2D eigenvalue weighted by Crippen LogP contribution is -2.41. The highest BCUT2D eigenvalue weighted by molar-refractivity contribution is 5.79. The van der Waals surface area contributed by atoms with Gasteiger partial charge in [-0.1, -0.05) is 6.07 Å². The van der Waals surface area contributed by atoms with E-state index in [2.05, 4.69) is 26.3 Å². The van der Waals surface area contributed by atoms with E-state index in [0.717, 1.165) is 48.6 Å². The van der Waals surface area contributed by atoms with E-state index in [1.807, 2.05) is 32.0 Å². The van der Waals surface area contributed by atoms with Crippen LogP contribution in [0.3, 0.4) is 0 Å². The van der Waals surface area contributed by atoms with Gasteiger partial charge in [0.15, 0.2) is 0 Å². The summed E-state index contributed by atoms with van der Waals surface area (Å²) in [5.74, 6) is 0.834. The zero-order chi connectivity index (χ0) is 18.5. The number of hydrogen-bond acceptors (Lipinski definition) is 5. The van der Waals surface area contributed by atoms with Crippen molar-refractivity contribution in [3.63, 3.8) is 0 Å². The maximum atomic E-state index is 12.4. The number of carbonyl (C=O) groups excluding carboxylic acids is 1. The second kappa shape index (κ2) is 7.96. The first kappa shape index (κ1) is 17.9. The Balaban J connectivity index is 1.59. The summed E-state index contributed by atoms with van der Waals surface area (Å²) in [5, 5.41) is 12.5. The summed E-state index contributed by atoms with van der Waals surface area (Å²) in [7, 11) is 0. The molecule has 0 unspecified atom stereocenters. The summed E-state index contributed by atoms with van der Waals surface area (Å²) in [4.78, 5) is 23.2. The van der Waals surface area contributed by atoms with Gasteiger partial charge in [-0.25, -0.2) is 4.98 Å². The molecule has 0 aliphatic carbocycles. The van der Waals surface area contributed by atoms with E-state index in [9.17, 15) is 10.1 Å². The number of anilines is 1. The molecule has 6 heteroatoms. The summed E-state index contributed by atoms with van der Waals surface area (Å²) >= 11 is 0. The first-order chi connectivity index (χ1) is 12.6. The molecule has 1 aliphatic rings. The molecule has 2 aromatic rings. The highest BCUT2D eigenvalue weighted by atomic mass is 16.1. The van der Waals surface area contributed by atoms with Crippen LogP contribution in [0.2, 0.25) is 0 Å². The standard InChI is InChI=1S/C20H23N5O/c1-14-10-15(2)24-19(18(14)11-21)25-8-5-17(6-9-25)20(26)23-13-16-4-3-7-22-12-16/h3-4,7,10,12,17H,5-6,8-9,13H2,1-2H3,(H,23,26). The van der Waals surface area contributed by atoms with Crippen LogP contribution < -0.4 is 10.2 Å². The van der Waals surface area contributed by atoms with E-state index in [1.165, 1.54) is 0 Å². The molecule has 1 amide bonds. The summed E-state index contributed by atoms with van der Waals surface area (Å²) in [5.41, 5.74) is 3.49. The van der Waals surface area contributed by atoms with Crippen molar-refractivity contribution in [1.82, 2.24) is 15.3 Å². The molecular weight excluding hydrogens is 326 g/mol. The summed E-state index contributed by atoms with van der Waals surface area (Å²) < 4.78 is 0. The topological polar surface area (TPSA) is 81.9 Å². The van der Waals surface area contributed by atoms with Gasteiger partial charge in [0.25, 0.3) is 0 Å². The predicted molar refractivity (Wildman–Crippen MR) is 99.4 cm³/mol. The van der Waals surface area contributed by atoms with Gasteiger partial charge in [0.2, 0.25) is 5.91 Å². The smallest absolute Gasteiger partial charge is 0.223 e. The second-order valence-corrected chi connectivity index (χ2v) is 6.73. The molecule has 0 radical (unpaired) electrons. The van der Waals surface area contributed by atoms with Crippen molar-refractivity contribution >= 4 is 11.7 Å². The molecule has 1 N–H and O–H groups in total. The molecule has 6 nitrogen and oxygen atoms in total. The van der Waals surface area contributed by atoms with Crippen molar-refractivity contribution in [2.75, 3.05) is 18.0 Å². The third kappa shape index (κ3) is 3.99.